The summed E-state index contributed by atoms with van der Waals surface area (Å²) in [5.41, 5.74) is 1.71. The Bertz CT molecular complexity index is 941. The van der Waals surface area contributed by atoms with E-state index in [9.17, 15) is 9.59 Å². The van der Waals surface area contributed by atoms with Crippen molar-refractivity contribution in [1.29, 1.82) is 0 Å². The number of anilines is 2. The van der Waals surface area contributed by atoms with Crippen LogP contribution in [0.15, 0.2) is 41.9 Å². The number of nitrogens with zero attached hydrogens (tertiary/aromatic N) is 4. The first-order valence-corrected chi connectivity index (χ1v) is 8.75. The number of fused-ring (bicyclic) bond motifs is 1. The highest BCUT2D eigenvalue weighted by atomic mass is 32.1. The maximum Gasteiger partial charge on any atom is 0.357 e. The lowest BCUT2D eigenvalue weighted by Crippen LogP contribution is -2.31. The van der Waals surface area contributed by atoms with Crippen molar-refractivity contribution in [2.45, 2.75) is 0 Å². The van der Waals surface area contributed by atoms with E-state index in [0.29, 0.717) is 10.6 Å². The number of esters is 1. The average Bonchev–Trinajstić information content (AvgIpc) is 3.18. The Balaban J connectivity index is 1.76. The van der Waals surface area contributed by atoms with Gasteiger partial charge in [-0.1, -0.05) is 18.2 Å². The zero-order valence-electron chi connectivity index (χ0n) is 14.7. The van der Waals surface area contributed by atoms with Crippen molar-refractivity contribution in [3.63, 3.8) is 0 Å². The molecule has 0 fully saturated rings. The molecule has 0 aliphatic carbocycles. The largest absolute Gasteiger partial charge is 0.451 e. The van der Waals surface area contributed by atoms with Gasteiger partial charge in [-0.05, 0) is 12.1 Å². The van der Waals surface area contributed by atoms with Crippen LogP contribution in [0.5, 0.6) is 0 Å². The molecule has 0 unspecified atom stereocenters. The second kappa shape index (κ2) is 7.49. The molecule has 26 heavy (non-hydrogen) atoms. The van der Waals surface area contributed by atoms with Crippen molar-refractivity contribution in [3.05, 3.63) is 47.6 Å². The van der Waals surface area contributed by atoms with Gasteiger partial charge in [0.15, 0.2) is 17.4 Å². The molecule has 7 nitrogen and oxygen atoms in total. The van der Waals surface area contributed by atoms with Crippen LogP contribution in [0.1, 0.15) is 10.5 Å². The molecular formula is C18H18N4O3S. The molecule has 0 N–H and O–H groups in total. The zero-order chi connectivity index (χ0) is 18.7. The number of rotatable bonds is 5. The van der Waals surface area contributed by atoms with Crippen molar-refractivity contribution < 1.29 is 14.3 Å². The Labute approximate surface area is 154 Å². The molecule has 2 heterocycles. The molecule has 0 saturated carbocycles. The lowest BCUT2D eigenvalue weighted by atomic mass is 10.1. The number of benzene rings is 1. The summed E-state index contributed by atoms with van der Waals surface area (Å²) in [6.45, 7) is -0.374. The second-order valence-electron chi connectivity index (χ2n) is 5.78. The Kier molecular flexibility index (Phi) is 5.13. The molecule has 134 valence electrons. The van der Waals surface area contributed by atoms with Crippen LogP contribution in [0.4, 0.5) is 10.8 Å². The van der Waals surface area contributed by atoms with Crippen LogP contribution in [0.25, 0.3) is 10.9 Å². The van der Waals surface area contributed by atoms with Gasteiger partial charge >= 0.3 is 5.97 Å². The predicted molar refractivity (Wildman–Crippen MR) is 102 cm³/mol. The zero-order valence-corrected chi connectivity index (χ0v) is 15.5. The number of carbonyl (C=O) groups is 2. The highest BCUT2D eigenvalue weighted by Crippen LogP contribution is 2.25. The van der Waals surface area contributed by atoms with E-state index >= 15 is 0 Å². The van der Waals surface area contributed by atoms with Gasteiger partial charge in [0.1, 0.15) is 0 Å². The van der Waals surface area contributed by atoms with Crippen LogP contribution in [0.2, 0.25) is 0 Å². The van der Waals surface area contributed by atoms with E-state index in [1.807, 2.05) is 43.3 Å². The molecule has 1 aromatic carbocycles. The van der Waals surface area contributed by atoms with Crippen LogP contribution in [-0.2, 0) is 9.53 Å². The van der Waals surface area contributed by atoms with E-state index < -0.39 is 5.97 Å². The third kappa shape index (κ3) is 3.65. The lowest BCUT2D eigenvalue weighted by molar-refractivity contribution is -0.121. The van der Waals surface area contributed by atoms with Gasteiger partial charge in [0.2, 0.25) is 0 Å². The SMILES string of the molecule is CN(C)c1cc(C(=O)OCC(=O)N(C)c2nccs2)nc2ccccc12. The van der Waals surface area contributed by atoms with Gasteiger partial charge in [0, 0.05) is 43.8 Å². The molecule has 0 saturated heterocycles. The average molecular weight is 370 g/mol. The Morgan fingerprint density at radius 1 is 1.19 bits per heavy atom. The standard InChI is InChI=1S/C18H18N4O3S/c1-21(2)15-10-14(20-13-7-5-4-6-12(13)15)17(24)25-11-16(23)22(3)18-19-8-9-26-18/h4-10H,11H2,1-3H3. The van der Waals surface area contributed by atoms with Crippen LogP contribution in [0.3, 0.4) is 0 Å². The van der Waals surface area contributed by atoms with Gasteiger partial charge in [-0.3, -0.25) is 9.69 Å². The lowest BCUT2D eigenvalue weighted by Gasteiger charge is -2.17. The molecule has 1 amide bonds. The summed E-state index contributed by atoms with van der Waals surface area (Å²) in [6.07, 6.45) is 1.61. The number of thiazole rings is 1. The second-order valence-corrected chi connectivity index (χ2v) is 6.65. The van der Waals surface area contributed by atoms with Crippen molar-refractivity contribution in [2.75, 3.05) is 37.5 Å². The monoisotopic (exact) mass is 370 g/mol. The first-order valence-electron chi connectivity index (χ1n) is 7.87. The number of para-hydroxylation sites is 1. The number of aromatic nitrogens is 2. The first kappa shape index (κ1) is 17.8. The van der Waals surface area contributed by atoms with E-state index in [-0.39, 0.29) is 18.2 Å². The number of pyridine rings is 1. The van der Waals surface area contributed by atoms with Crippen molar-refractivity contribution >= 4 is 44.9 Å². The number of amides is 1. The van der Waals surface area contributed by atoms with E-state index in [2.05, 4.69) is 9.97 Å². The fourth-order valence-electron chi connectivity index (χ4n) is 2.42. The molecule has 0 aliphatic rings. The summed E-state index contributed by atoms with van der Waals surface area (Å²) in [5, 5.41) is 3.26. The van der Waals surface area contributed by atoms with Gasteiger partial charge < -0.3 is 9.64 Å². The van der Waals surface area contributed by atoms with Gasteiger partial charge in [0.25, 0.3) is 5.91 Å². The quantitative estimate of drug-likeness (QED) is 0.643. The van der Waals surface area contributed by atoms with E-state index in [4.69, 9.17) is 4.74 Å². The van der Waals surface area contributed by atoms with Gasteiger partial charge in [0.05, 0.1) is 5.52 Å². The molecule has 0 radical (unpaired) electrons. The van der Waals surface area contributed by atoms with Crippen LogP contribution >= 0.6 is 11.3 Å². The van der Waals surface area contributed by atoms with Gasteiger partial charge in [-0.2, -0.15) is 0 Å². The fourth-order valence-corrected chi connectivity index (χ4v) is 3.04. The summed E-state index contributed by atoms with van der Waals surface area (Å²) in [6, 6.07) is 9.22. The molecule has 8 heteroatoms. The van der Waals surface area contributed by atoms with Crippen LogP contribution < -0.4 is 9.80 Å². The molecule has 0 spiro atoms. The minimum Gasteiger partial charge on any atom is -0.451 e. The third-order valence-corrected chi connectivity index (χ3v) is 4.64. The molecule has 3 aromatic rings. The van der Waals surface area contributed by atoms with Crippen LogP contribution in [0, 0.1) is 0 Å². The maximum absolute atomic E-state index is 12.4. The number of hydrogen-bond acceptors (Lipinski definition) is 7. The molecule has 3 rings (SSSR count). The normalized spacial score (nSPS) is 10.6. The summed E-state index contributed by atoms with van der Waals surface area (Å²) >= 11 is 1.33. The topological polar surface area (TPSA) is 75.6 Å². The van der Waals surface area contributed by atoms with Crippen molar-refractivity contribution in [3.8, 4) is 0 Å². The first-order chi connectivity index (χ1) is 12.5. The third-order valence-electron chi connectivity index (χ3n) is 3.79. The van der Waals surface area contributed by atoms with Gasteiger partial charge in [-0.15, -0.1) is 11.3 Å². The van der Waals surface area contributed by atoms with E-state index in [1.54, 1.807) is 24.7 Å². The highest BCUT2D eigenvalue weighted by molar-refractivity contribution is 7.13. The van der Waals surface area contributed by atoms with Crippen molar-refractivity contribution in [1.82, 2.24) is 9.97 Å². The fraction of sp³-hybridized carbons (Fsp3) is 0.222. The number of likely N-dealkylation sites (N-methyl/N-ethyl adjacent to an activating group) is 1. The smallest absolute Gasteiger partial charge is 0.357 e. The molecular weight excluding hydrogens is 352 g/mol. The minimum atomic E-state index is -0.639. The Morgan fingerprint density at radius 2 is 1.96 bits per heavy atom. The molecule has 0 aliphatic heterocycles. The summed E-state index contributed by atoms with van der Waals surface area (Å²) < 4.78 is 5.16. The summed E-state index contributed by atoms with van der Waals surface area (Å²) in [5.74, 6) is -0.998. The Hall–Kier alpha value is -3.00. The minimum absolute atomic E-state index is 0.164. The Morgan fingerprint density at radius 3 is 2.65 bits per heavy atom. The number of ether oxygens (including phenoxy) is 1. The van der Waals surface area contributed by atoms with E-state index in [1.165, 1.54) is 16.2 Å². The summed E-state index contributed by atoms with van der Waals surface area (Å²) in [4.78, 5) is 36.2. The molecule has 0 atom stereocenters. The number of carbonyl (C=O) groups excluding carboxylic acids is 2. The number of hydrogen-bond donors (Lipinski definition) is 0. The maximum atomic E-state index is 12.4. The molecule has 2 aromatic heterocycles. The predicted octanol–water partition coefficient (Wildman–Crippen LogP) is 2.58. The highest BCUT2D eigenvalue weighted by Gasteiger charge is 2.18. The van der Waals surface area contributed by atoms with Crippen LogP contribution in [-0.4, -0.2) is 49.6 Å². The molecule has 0 bridgehead atoms. The van der Waals surface area contributed by atoms with Crippen molar-refractivity contribution in [2.24, 2.45) is 0 Å². The van der Waals surface area contributed by atoms with Gasteiger partial charge in [-0.25, -0.2) is 14.8 Å². The van der Waals surface area contributed by atoms with E-state index in [0.717, 1.165) is 11.1 Å². The summed E-state index contributed by atoms with van der Waals surface area (Å²) in [7, 11) is 5.38.